The zero-order valence-corrected chi connectivity index (χ0v) is 20.9. The number of nitrogens with zero attached hydrogens (tertiary/aromatic N) is 4. The Labute approximate surface area is 212 Å². The van der Waals surface area contributed by atoms with Crippen LogP contribution in [-0.2, 0) is 19.2 Å². The molecule has 4 N–H and O–H groups in total. The van der Waals surface area contributed by atoms with E-state index in [1.807, 2.05) is 25.1 Å². The van der Waals surface area contributed by atoms with E-state index in [9.17, 15) is 19.5 Å². The number of carboxylic acid groups (broad SMARTS) is 1. The average Bonchev–Trinajstić information content (AvgIpc) is 3.27. The molecule has 4 rings (SSSR count). The van der Waals surface area contributed by atoms with E-state index in [1.54, 1.807) is 17.0 Å². The summed E-state index contributed by atoms with van der Waals surface area (Å²) in [6, 6.07) is 2.87. The monoisotopic (exact) mass is 532 g/mol. The quantitative estimate of drug-likeness (QED) is 0.260. The van der Waals surface area contributed by atoms with Gasteiger partial charge in [0.2, 0.25) is 0 Å². The van der Waals surface area contributed by atoms with Crippen LogP contribution in [0, 0.1) is 6.92 Å². The van der Waals surface area contributed by atoms with Crippen LogP contribution in [0.15, 0.2) is 44.9 Å². The number of β-lactam (4-membered cyclic amide) rings is 1. The Bertz CT molecular complexity index is 1260. The second-order valence-electron chi connectivity index (χ2n) is 7.28. The van der Waals surface area contributed by atoms with Crippen LogP contribution < -0.4 is 11.1 Å². The van der Waals surface area contributed by atoms with Gasteiger partial charge in [0.25, 0.3) is 11.8 Å². The molecule has 1 unspecified atom stereocenters. The highest BCUT2D eigenvalue weighted by Crippen LogP contribution is 2.43. The fourth-order valence-electron chi connectivity index (χ4n) is 3.36. The van der Waals surface area contributed by atoms with E-state index < -0.39 is 29.2 Å². The largest absolute Gasteiger partial charge is 0.477 e. The Kier molecular flexibility index (Phi) is 7.42. The summed E-state index contributed by atoms with van der Waals surface area (Å²) in [4.78, 5) is 52.5. The molecule has 1 fully saturated rings. The lowest BCUT2D eigenvalue weighted by Crippen LogP contribution is -2.71. The van der Waals surface area contributed by atoms with Gasteiger partial charge in [-0.25, -0.2) is 9.78 Å². The number of aromatic nitrogens is 2. The molecule has 0 spiro atoms. The zero-order chi connectivity index (χ0) is 25.1. The molecule has 0 bridgehead atoms. The van der Waals surface area contributed by atoms with Gasteiger partial charge in [0, 0.05) is 27.9 Å². The highest BCUT2D eigenvalue weighted by molar-refractivity contribution is 8.08. The molecule has 1 saturated heterocycles. The summed E-state index contributed by atoms with van der Waals surface area (Å²) in [6.07, 6.45) is 3.54. The summed E-state index contributed by atoms with van der Waals surface area (Å²) < 4.78 is 0. The number of carbonyl (C=O) groups is 3. The average molecular weight is 533 g/mol. The van der Waals surface area contributed by atoms with Crippen molar-refractivity contribution in [1.29, 1.82) is 0 Å². The van der Waals surface area contributed by atoms with Crippen molar-refractivity contribution in [3.63, 3.8) is 0 Å². The molecular formula is C21H20N6O5S3. The van der Waals surface area contributed by atoms with Crippen molar-refractivity contribution in [2.75, 3.05) is 18.6 Å². The molecule has 2 atom stereocenters. The number of fused-ring (bicyclic) bond motifs is 1. The van der Waals surface area contributed by atoms with Gasteiger partial charge in [-0.3, -0.25) is 19.5 Å². The Morgan fingerprint density at radius 3 is 2.86 bits per heavy atom. The number of pyridine rings is 1. The van der Waals surface area contributed by atoms with E-state index >= 15 is 0 Å². The number of thiazole rings is 1. The molecule has 0 aliphatic carbocycles. The van der Waals surface area contributed by atoms with Crippen LogP contribution in [0.3, 0.4) is 0 Å². The SMILES string of the molecule is CON=C(C(=O)NC1C(=O)N2C(C(=O)O)=C(S/C=C\c3ccc(C)nc3)CS[C@@H]12)c1csc(N)n1. The third-order valence-electron chi connectivity index (χ3n) is 4.99. The molecule has 182 valence electrons. The highest BCUT2D eigenvalue weighted by Gasteiger charge is 2.54. The van der Waals surface area contributed by atoms with E-state index in [0.29, 0.717) is 10.7 Å². The third-order valence-corrected chi connectivity index (χ3v) is 8.02. The minimum Gasteiger partial charge on any atom is -0.477 e. The Balaban J connectivity index is 1.48. The van der Waals surface area contributed by atoms with Crippen LogP contribution in [0.5, 0.6) is 0 Å². The van der Waals surface area contributed by atoms with E-state index in [1.165, 1.54) is 35.5 Å². The fraction of sp³-hybridized carbons (Fsp3) is 0.238. The van der Waals surface area contributed by atoms with Crippen LogP contribution in [0.1, 0.15) is 17.0 Å². The molecule has 2 aromatic rings. The van der Waals surface area contributed by atoms with Crippen LogP contribution in [0.2, 0.25) is 0 Å². The summed E-state index contributed by atoms with van der Waals surface area (Å²) in [6.45, 7) is 1.89. The van der Waals surface area contributed by atoms with Gasteiger partial charge in [-0.1, -0.05) is 23.0 Å². The second-order valence-corrected chi connectivity index (χ2v) is 10.3. The lowest BCUT2D eigenvalue weighted by Gasteiger charge is -2.49. The number of amides is 2. The third kappa shape index (κ3) is 5.18. The van der Waals surface area contributed by atoms with Gasteiger partial charge in [0.1, 0.15) is 29.9 Å². The first-order valence-electron chi connectivity index (χ1n) is 10.1. The molecule has 0 aromatic carbocycles. The predicted molar refractivity (Wildman–Crippen MR) is 135 cm³/mol. The van der Waals surface area contributed by atoms with Crippen molar-refractivity contribution >= 4 is 69.6 Å². The summed E-state index contributed by atoms with van der Waals surface area (Å²) >= 11 is 3.73. The number of nitrogens with two attached hydrogens (primary N) is 1. The van der Waals surface area contributed by atoms with Gasteiger partial charge in [-0.05, 0) is 30.0 Å². The number of aryl methyl sites for hydroxylation is 1. The smallest absolute Gasteiger partial charge is 0.353 e. The first-order chi connectivity index (χ1) is 16.8. The molecule has 0 radical (unpaired) electrons. The van der Waals surface area contributed by atoms with Crippen LogP contribution in [0.25, 0.3) is 6.08 Å². The molecule has 14 heteroatoms. The van der Waals surface area contributed by atoms with Crippen molar-refractivity contribution in [2.24, 2.45) is 5.16 Å². The number of hydrogen-bond donors (Lipinski definition) is 3. The second kappa shape index (κ2) is 10.5. The molecule has 11 nitrogen and oxygen atoms in total. The van der Waals surface area contributed by atoms with E-state index in [2.05, 4.69) is 20.4 Å². The number of carboxylic acids is 1. The maximum Gasteiger partial charge on any atom is 0.353 e. The van der Waals surface area contributed by atoms with Crippen LogP contribution in [-0.4, -0.2) is 67.7 Å². The number of rotatable bonds is 8. The minimum absolute atomic E-state index is 0.0843. The maximum atomic E-state index is 12.9. The van der Waals surface area contributed by atoms with Crippen LogP contribution >= 0.6 is 34.9 Å². The number of oxime groups is 1. The molecule has 2 amide bonds. The van der Waals surface area contributed by atoms with Crippen molar-refractivity contribution in [2.45, 2.75) is 18.3 Å². The van der Waals surface area contributed by atoms with Crippen molar-refractivity contribution in [1.82, 2.24) is 20.2 Å². The van der Waals surface area contributed by atoms with Crippen molar-refractivity contribution in [3.05, 3.63) is 56.7 Å². The number of hydrogen-bond acceptors (Lipinski definition) is 11. The Morgan fingerprint density at radius 1 is 1.43 bits per heavy atom. The van der Waals surface area contributed by atoms with Gasteiger partial charge in [0.05, 0.1) is 0 Å². The van der Waals surface area contributed by atoms with Crippen molar-refractivity contribution < 1.29 is 24.3 Å². The number of nitrogens with one attached hydrogen (secondary N) is 1. The number of anilines is 1. The molecule has 2 aliphatic heterocycles. The molecular weight excluding hydrogens is 512 g/mol. The molecule has 35 heavy (non-hydrogen) atoms. The number of thioether (sulfide) groups is 2. The number of nitrogen functional groups attached to an aromatic ring is 1. The number of carbonyl (C=O) groups excluding carboxylic acids is 2. The normalized spacial score (nSPS) is 20.0. The van der Waals surface area contributed by atoms with Gasteiger partial charge >= 0.3 is 5.97 Å². The molecule has 2 aromatic heterocycles. The van der Waals surface area contributed by atoms with E-state index in [-0.39, 0.29) is 22.2 Å². The van der Waals surface area contributed by atoms with E-state index in [4.69, 9.17) is 10.6 Å². The summed E-state index contributed by atoms with van der Waals surface area (Å²) in [5.74, 6) is -2.04. The molecule has 2 aliphatic rings. The fourth-order valence-corrected chi connectivity index (χ4v) is 6.26. The van der Waals surface area contributed by atoms with E-state index in [0.717, 1.165) is 22.6 Å². The lowest BCUT2D eigenvalue weighted by molar-refractivity contribution is -0.150. The van der Waals surface area contributed by atoms with Gasteiger partial charge in [0.15, 0.2) is 10.8 Å². The first kappa shape index (κ1) is 24.8. The number of aliphatic carboxylic acids is 1. The van der Waals surface area contributed by atoms with Crippen LogP contribution in [0.4, 0.5) is 5.13 Å². The predicted octanol–water partition coefficient (Wildman–Crippen LogP) is 1.88. The summed E-state index contributed by atoms with van der Waals surface area (Å²) in [5, 5.41) is 19.2. The highest BCUT2D eigenvalue weighted by atomic mass is 32.2. The summed E-state index contributed by atoms with van der Waals surface area (Å²) in [5.41, 5.74) is 7.41. The topological polar surface area (TPSA) is 160 Å². The molecule has 0 saturated carbocycles. The Hall–Kier alpha value is -3.36. The lowest BCUT2D eigenvalue weighted by atomic mass is 10.0. The molecule has 4 heterocycles. The van der Waals surface area contributed by atoms with Crippen molar-refractivity contribution in [3.8, 4) is 0 Å². The standard InChI is InChI=1S/C21H20N6O5S3/c1-10-3-4-11(7-23-10)5-6-33-13-9-34-19-15(18(29)27(19)16(13)20(30)31)25-17(28)14(26-32-2)12-8-35-21(22)24-12/h3-8,15,19H,9H2,1-2H3,(H2,22,24)(H,25,28)(H,30,31)/b6-5-,26-14?/t15?,19-/m0/s1. The van der Waals surface area contributed by atoms with Gasteiger partial charge in [-0.15, -0.1) is 23.1 Å². The Morgan fingerprint density at radius 2 is 2.23 bits per heavy atom. The zero-order valence-electron chi connectivity index (χ0n) is 18.5. The maximum absolute atomic E-state index is 12.9. The first-order valence-corrected chi connectivity index (χ1v) is 12.9. The van der Waals surface area contributed by atoms with Gasteiger partial charge < -0.3 is 21.0 Å². The summed E-state index contributed by atoms with van der Waals surface area (Å²) in [7, 11) is 1.28. The van der Waals surface area contributed by atoms with Gasteiger partial charge in [-0.2, -0.15) is 0 Å². The minimum atomic E-state index is -1.21.